The van der Waals surface area contributed by atoms with Crippen molar-refractivity contribution in [2.75, 3.05) is 19.6 Å². The largest absolute Gasteiger partial charge is 0.351 e. The maximum atomic E-state index is 12.3. The number of nitrogens with one attached hydrogen (secondary N) is 2. The molecular weight excluding hydrogens is 304 g/mol. The highest BCUT2D eigenvalue weighted by Crippen LogP contribution is 2.02. The van der Waals surface area contributed by atoms with Crippen LogP contribution in [0.5, 0.6) is 0 Å². The predicted molar refractivity (Wildman–Crippen MR) is 88.9 cm³/mol. The van der Waals surface area contributed by atoms with E-state index in [9.17, 15) is 9.59 Å². The summed E-state index contributed by atoms with van der Waals surface area (Å²) in [5.41, 5.74) is 1.27. The Balaban J connectivity index is 0.00000242. The number of carbonyl (C=O) groups is 1. The molecule has 0 spiro atoms. The second-order valence-electron chi connectivity index (χ2n) is 4.92. The lowest BCUT2D eigenvalue weighted by Gasteiger charge is -2.07. The summed E-state index contributed by atoms with van der Waals surface area (Å²) in [4.78, 5) is 28.4. The van der Waals surface area contributed by atoms with E-state index in [2.05, 4.69) is 22.5 Å². The van der Waals surface area contributed by atoms with Gasteiger partial charge in [0.1, 0.15) is 11.2 Å². The molecule has 0 aliphatic carbocycles. The van der Waals surface area contributed by atoms with E-state index in [1.807, 2.05) is 13.0 Å². The molecule has 2 aromatic rings. The maximum Gasteiger partial charge on any atom is 0.270 e. The molecule has 0 saturated carbocycles. The minimum Gasteiger partial charge on any atom is -0.351 e. The summed E-state index contributed by atoms with van der Waals surface area (Å²) in [5, 5.41) is 5.90. The molecule has 0 radical (unpaired) electrons. The van der Waals surface area contributed by atoms with E-state index in [-0.39, 0.29) is 29.4 Å². The zero-order valence-electron chi connectivity index (χ0n) is 12.8. The Morgan fingerprint density at radius 1 is 1.32 bits per heavy atom. The summed E-state index contributed by atoms with van der Waals surface area (Å²) >= 11 is 0. The van der Waals surface area contributed by atoms with Gasteiger partial charge in [-0.1, -0.05) is 6.92 Å². The minimum atomic E-state index is -0.388. The van der Waals surface area contributed by atoms with Crippen molar-refractivity contribution in [1.29, 1.82) is 0 Å². The monoisotopic (exact) mass is 324 g/mol. The smallest absolute Gasteiger partial charge is 0.270 e. The molecular formula is C15H21ClN4O2. The number of nitrogens with zero attached hydrogens (tertiary/aromatic N) is 2. The molecule has 0 saturated heterocycles. The molecule has 0 bridgehead atoms. The predicted octanol–water partition coefficient (Wildman–Crippen LogP) is 1.15. The molecule has 0 fully saturated rings. The Hall–Kier alpha value is -1.92. The average molecular weight is 325 g/mol. The van der Waals surface area contributed by atoms with Gasteiger partial charge >= 0.3 is 0 Å². The van der Waals surface area contributed by atoms with E-state index in [0.29, 0.717) is 18.7 Å². The van der Waals surface area contributed by atoms with Crippen LogP contribution in [0.1, 0.15) is 29.3 Å². The summed E-state index contributed by atoms with van der Waals surface area (Å²) < 4.78 is 1.39. The van der Waals surface area contributed by atoms with Crippen LogP contribution in [-0.2, 0) is 0 Å². The third-order valence-corrected chi connectivity index (χ3v) is 3.12. The van der Waals surface area contributed by atoms with E-state index in [0.717, 1.165) is 18.5 Å². The van der Waals surface area contributed by atoms with Gasteiger partial charge in [-0.05, 0) is 37.6 Å². The highest BCUT2D eigenvalue weighted by molar-refractivity contribution is 5.93. The Morgan fingerprint density at radius 3 is 2.82 bits per heavy atom. The van der Waals surface area contributed by atoms with Gasteiger partial charge in [0.05, 0.1) is 0 Å². The number of aryl methyl sites for hydroxylation is 1. The maximum absolute atomic E-state index is 12.3. The van der Waals surface area contributed by atoms with Crippen LogP contribution in [0, 0.1) is 6.92 Å². The number of carbonyl (C=O) groups excluding carboxylic acids is 1. The molecule has 0 atom stereocenters. The van der Waals surface area contributed by atoms with Crippen LogP contribution < -0.4 is 16.2 Å². The van der Waals surface area contributed by atoms with Gasteiger partial charge in [0, 0.05) is 25.5 Å². The second-order valence-corrected chi connectivity index (χ2v) is 4.92. The van der Waals surface area contributed by atoms with Crippen molar-refractivity contribution in [3.8, 4) is 0 Å². The average Bonchev–Trinajstić information content (AvgIpc) is 2.47. The summed E-state index contributed by atoms with van der Waals surface area (Å²) in [5.74, 6) is -0.388. The lowest BCUT2D eigenvalue weighted by Crippen LogP contribution is -2.35. The first-order chi connectivity index (χ1) is 10.1. The molecule has 2 N–H and O–H groups in total. The molecule has 120 valence electrons. The lowest BCUT2D eigenvalue weighted by molar-refractivity contribution is 0.0952. The fraction of sp³-hybridized carbons (Fsp3) is 0.400. The van der Waals surface area contributed by atoms with Gasteiger partial charge in [0.2, 0.25) is 0 Å². The molecule has 0 aliphatic heterocycles. The van der Waals surface area contributed by atoms with E-state index < -0.39 is 0 Å². The SMILES string of the molecule is CCCNCCNC(=O)c1cnc2cc(C)ccn2c1=O.Cl. The van der Waals surface area contributed by atoms with Gasteiger partial charge in [-0.2, -0.15) is 0 Å². The van der Waals surface area contributed by atoms with E-state index in [1.165, 1.54) is 10.6 Å². The fourth-order valence-corrected chi connectivity index (χ4v) is 1.99. The fourth-order valence-electron chi connectivity index (χ4n) is 1.99. The topological polar surface area (TPSA) is 75.5 Å². The Labute approximate surface area is 135 Å². The summed E-state index contributed by atoms with van der Waals surface area (Å²) in [7, 11) is 0. The first kappa shape index (κ1) is 18.1. The molecule has 2 rings (SSSR count). The number of hydrogen-bond acceptors (Lipinski definition) is 4. The van der Waals surface area contributed by atoms with Crippen molar-refractivity contribution in [2.45, 2.75) is 20.3 Å². The highest BCUT2D eigenvalue weighted by Gasteiger charge is 2.12. The van der Waals surface area contributed by atoms with Gasteiger partial charge in [-0.15, -0.1) is 12.4 Å². The Bertz CT molecular complexity index is 699. The molecule has 0 unspecified atom stereocenters. The number of halogens is 1. The van der Waals surface area contributed by atoms with Crippen LogP contribution in [0.2, 0.25) is 0 Å². The van der Waals surface area contributed by atoms with Gasteiger partial charge < -0.3 is 10.6 Å². The molecule has 6 nitrogen and oxygen atoms in total. The van der Waals surface area contributed by atoms with E-state index >= 15 is 0 Å². The third kappa shape index (κ3) is 4.29. The number of aromatic nitrogens is 2. The van der Waals surface area contributed by atoms with Crippen LogP contribution in [-0.4, -0.2) is 34.9 Å². The van der Waals surface area contributed by atoms with Gasteiger partial charge in [0.15, 0.2) is 0 Å². The number of rotatable bonds is 6. The van der Waals surface area contributed by atoms with Crippen LogP contribution in [0.25, 0.3) is 5.65 Å². The molecule has 1 amide bonds. The zero-order chi connectivity index (χ0) is 15.2. The summed E-state index contributed by atoms with van der Waals surface area (Å²) in [6, 6.07) is 3.62. The number of hydrogen-bond donors (Lipinski definition) is 2. The number of amides is 1. The Kier molecular flexibility index (Phi) is 7.01. The normalized spacial score (nSPS) is 10.3. The molecule has 2 heterocycles. The van der Waals surface area contributed by atoms with Crippen LogP contribution in [0.15, 0.2) is 29.3 Å². The van der Waals surface area contributed by atoms with Crippen LogP contribution in [0.4, 0.5) is 0 Å². The first-order valence-electron chi connectivity index (χ1n) is 7.10. The Morgan fingerprint density at radius 2 is 2.09 bits per heavy atom. The summed E-state index contributed by atoms with van der Waals surface area (Å²) in [6.07, 6.45) is 4.02. The molecule has 2 aromatic heterocycles. The second kappa shape index (κ2) is 8.51. The van der Waals surface area contributed by atoms with Crippen LogP contribution >= 0.6 is 12.4 Å². The van der Waals surface area contributed by atoms with Crippen molar-refractivity contribution in [3.05, 3.63) is 46.0 Å². The van der Waals surface area contributed by atoms with Crippen molar-refractivity contribution < 1.29 is 4.79 Å². The van der Waals surface area contributed by atoms with Gasteiger partial charge in [-0.3, -0.25) is 14.0 Å². The standard InChI is InChI=1S/C15H20N4O2.ClH/c1-3-5-16-6-7-17-14(20)12-10-18-13-9-11(2)4-8-19(13)15(12)21;/h4,8-10,16H,3,5-7H2,1-2H3,(H,17,20);1H. The molecule has 22 heavy (non-hydrogen) atoms. The molecule has 0 aliphatic rings. The van der Waals surface area contributed by atoms with E-state index in [1.54, 1.807) is 12.3 Å². The molecule has 0 aromatic carbocycles. The van der Waals surface area contributed by atoms with Crippen molar-refractivity contribution in [3.63, 3.8) is 0 Å². The van der Waals surface area contributed by atoms with Crippen molar-refractivity contribution >= 4 is 24.0 Å². The van der Waals surface area contributed by atoms with Crippen LogP contribution in [0.3, 0.4) is 0 Å². The van der Waals surface area contributed by atoms with Crippen molar-refractivity contribution in [2.24, 2.45) is 0 Å². The van der Waals surface area contributed by atoms with E-state index in [4.69, 9.17) is 0 Å². The quantitative estimate of drug-likeness (QED) is 0.782. The van der Waals surface area contributed by atoms with Gasteiger partial charge in [0.25, 0.3) is 11.5 Å². The van der Waals surface area contributed by atoms with Crippen molar-refractivity contribution in [1.82, 2.24) is 20.0 Å². The zero-order valence-corrected chi connectivity index (χ0v) is 13.6. The number of fused-ring (bicyclic) bond motifs is 1. The summed E-state index contributed by atoms with van der Waals surface area (Å²) in [6.45, 7) is 6.08. The molecule has 7 heteroatoms. The minimum absolute atomic E-state index is 0. The highest BCUT2D eigenvalue weighted by atomic mass is 35.5. The number of pyridine rings is 1. The first-order valence-corrected chi connectivity index (χ1v) is 7.10. The van der Waals surface area contributed by atoms with Gasteiger partial charge in [-0.25, -0.2) is 4.98 Å². The lowest BCUT2D eigenvalue weighted by atomic mass is 10.2. The third-order valence-electron chi connectivity index (χ3n) is 3.12.